The van der Waals surface area contributed by atoms with Crippen molar-refractivity contribution in [2.24, 2.45) is 11.8 Å². The molecule has 2 saturated heterocycles. The number of benzene rings is 1. The van der Waals surface area contributed by atoms with E-state index in [1.807, 2.05) is 0 Å². The van der Waals surface area contributed by atoms with Crippen molar-refractivity contribution < 1.29 is 14.3 Å². The third kappa shape index (κ3) is 2.23. The number of hydrogen-bond acceptors (Lipinski definition) is 3. The standard InChI is InChI=1S/C22H26N2O3/c1-20(5-6-20)15-3-2-4-16(7-15)22-10-17(22)11-24(12-22)18(25)14-8-21(9-14)13-27-19(26)23-21/h2-4,7,14,17H,5-6,8-13H2,1H3,(H,23,26). The van der Waals surface area contributed by atoms with E-state index in [4.69, 9.17) is 4.74 Å². The van der Waals surface area contributed by atoms with E-state index < -0.39 is 0 Å². The third-order valence-corrected chi connectivity index (χ3v) is 8.06. The van der Waals surface area contributed by atoms with Gasteiger partial charge < -0.3 is 15.0 Å². The summed E-state index contributed by atoms with van der Waals surface area (Å²) in [5, 5.41) is 2.89. The highest BCUT2D eigenvalue weighted by Gasteiger charge is 2.63. The summed E-state index contributed by atoms with van der Waals surface area (Å²) in [7, 11) is 0. The number of piperidine rings is 1. The molecule has 0 radical (unpaired) electrons. The fraction of sp³-hybridized carbons (Fsp3) is 0.636. The molecule has 2 aliphatic heterocycles. The second-order valence-corrected chi connectivity index (χ2v) is 10.0. The van der Waals surface area contributed by atoms with Crippen LogP contribution in [0.1, 0.15) is 50.2 Å². The number of alkyl carbamates (subject to hydrolysis) is 1. The Balaban J connectivity index is 1.15. The monoisotopic (exact) mass is 366 g/mol. The van der Waals surface area contributed by atoms with Crippen molar-refractivity contribution in [3.05, 3.63) is 35.4 Å². The molecule has 3 saturated carbocycles. The van der Waals surface area contributed by atoms with Crippen molar-refractivity contribution in [2.45, 2.75) is 55.4 Å². The molecule has 2 atom stereocenters. The van der Waals surface area contributed by atoms with E-state index in [0.29, 0.717) is 17.9 Å². The van der Waals surface area contributed by atoms with Gasteiger partial charge in [-0.05, 0) is 54.6 Å². The first kappa shape index (κ1) is 16.0. The number of fused-ring (bicyclic) bond motifs is 1. The average Bonchev–Trinajstić information content (AvgIpc) is 3.47. The van der Waals surface area contributed by atoms with Crippen LogP contribution in [0.5, 0.6) is 0 Å². The molecule has 1 spiro atoms. The first-order valence-electron chi connectivity index (χ1n) is 10.3. The number of ether oxygens (including phenoxy) is 1. The molecule has 5 heteroatoms. The van der Waals surface area contributed by atoms with Gasteiger partial charge in [0.15, 0.2) is 0 Å². The predicted molar refractivity (Wildman–Crippen MR) is 99.3 cm³/mol. The van der Waals surface area contributed by atoms with E-state index in [0.717, 1.165) is 25.9 Å². The Hall–Kier alpha value is -2.04. The number of nitrogens with zero attached hydrogens (tertiary/aromatic N) is 1. The van der Waals surface area contributed by atoms with Crippen molar-refractivity contribution >= 4 is 12.0 Å². The van der Waals surface area contributed by atoms with Crippen LogP contribution in [0.2, 0.25) is 0 Å². The van der Waals surface area contributed by atoms with Gasteiger partial charge in [-0.1, -0.05) is 31.2 Å². The maximum atomic E-state index is 13.0. The van der Waals surface area contributed by atoms with Crippen molar-refractivity contribution in [3.8, 4) is 0 Å². The summed E-state index contributed by atoms with van der Waals surface area (Å²) < 4.78 is 5.03. The zero-order valence-electron chi connectivity index (χ0n) is 15.8. The van der Waals surface area contributed by atoms with Crippen LogP contribution in [0.25, 0.3) is 0 Å². The SMILES string of the molecule is CC1(c2cccc(C34CC3CN(C(=O)C3CC5(COC(=O)N5)C3)C4)c2)CC1. The van der Waals surface area contributed by atoms with E-state index in [1.165, 1.54) is 30.4 Å². The van der Waals surface area contributed by atoms with E-state index in [-0.39, 0.29) is 28.9 Å². The Labute approximate surface area is 159 Å². The molecule has 1 N–H and O–H groups in total. The molecule has 2 heterocycles. The lowest BCUT2D eigenvalue weighted by atomic mass is 9.68. The van der Waals surface area contributed by atoms with Crippen molar-refractivity contribution in [1.29, 1.82) is 0 Å². The van der Waals surface area contributed by atoms with Crippen LogP contribution in [-0.2, 0) is 20.4 Å². The molecule has 0 bridgehead atoms. The Morgan fingerprint density at radius 1 is 1.22 bits per heavy atom. The average molecular weight is 366 g/mol. The van der Waals surface area contributed by atoms with Gasteiger partial charge in [-0.15, -0.1) is 0 Å². The number of hydrogen-bond donors (Lipinski definition) is 1. The van der Waals surface area contributed by atoms with Crippen LogP contribution in [0, 0.1) is 11.8 Å². The molecule has 5 fully saturated rings. The first-order valence-corrected chi connectivity index (χ1v) is 10.3. The van der Waals surface area contributed by atoms with Crippen molar-refractivity contribution in [3.63, 3.8) is 0 Å². The molecule has 142 valence electrons. The zero-order chi connectivity index (χ0) is 18.4. The van der Waals surface area contributed by atoms with Gasteiger partial charge in [0.2, 0.25) is 5.91 Å². The van der Waals surface area contributed by atoms with Crippen LogP contribution < -0.4 is 5.32 Å². The minimum atomic E-state index is -0.341. The topological polar surface area (TPSA) is 58.6 Å². The highest BCUT2D eigenvalue weighted by atomic mass is 16.6. The Morgan fingerprint density at radius 3 is 2.70 bits per heavy atom. The number of rotatable bonds is 3. The number of carbonyl (C=O) groups is 2. The number of cyclic esters (lactones) is 1. The lowest BCUT2D eigenvalue weighted by Crippen LogP contribution is -2.58. The molecular weight excluding hydrogens is 340 g/mol. The zero-order valence-corrected chi connectivity index (χ0v) is 15.8. The van der Waals surface area contributed by atoms with Crippen molar-refractivity contribution in [2.75, 3.05) is 19.7 Å². The molecule has 27 heavy (non-hydrogen) atoms. The number of amides is 2. The molecule has 5 nitrogen and oxygen atoms in total. The summed E-state index contributed by atoms with van der Waals surface area (Å²) in [5.74, 6) is 0.934. The van der Waals surface area contributed by atoms with Gasteiger partial charge in [0, 0.05) is 24.4 Å². The Morgan fingerprint density at radius 2 is 2.00 bits per heavy atom. The summed E-state index contributed by atoms with van der Waals surface area (Å²) in [4.78, 5) is 26.4. The van der Waals surface area contributed by atoms with Gasteiger partial charge in [0.05, 0.1) is 5.54 Å². The Bertz CT molecular complexity index is 855. The minimum absolute atomic E-state index is 0.0401. The Kier molecular flexibility index (Phi) is 2.88. The smallest absolute Gasteiger partial charge is 0.407 e. The van der Waals surface area contributed by atoms with Crippen LogP contribution in [0.15, 0.2) is 24.3 Å². The van der Waals surface area contributed by atoms with E-state index in [9.17, 15) is 9.59 Å². The van der Waals surface area contributed by atoms with Gasteiger partial charge in [-0.2, -0.15) is 0 Å². The maximum Gasteiger partial charge on any atom is 0.407 e. The van der Waals surface area contributed by atoms with Gasteiger partial charge in [-0.25, -0.2) is 4.79 Å². The lowest BCUT2D eigenvalue weighted by Gasteiger charge is -2.43. The summed E-state index contributed by atoms with van der Waals surface area (Å²) >= 11 is 0. The molecule has 5 aliphatic rings. The quantitative estimate of drug-likeness (QED) is 0.895. The fourth-order valence-corrected chi connectivity index (χ4v) is 5.81. The number of carbonyl (C=O) groups excluding carboxylic acids is 2. The third-order valence-electron chi connectivity index (χ3n) is 8.06. The highest BCUT2D eigenvalue weighted by molar-refractivity contribution is 5.82. The summed E-state index contributed by atoms with van der Waals surface area (Å²) in [6.45, 7) is 4.53. The van der Waals surface area contributed by atoms with Gasteiger partial charge in [-0.3, -0.25) is 4.79 Å². The summed E-state index contributed by atoms with van der Waals surface area (Å²) in [6.07, 6.45) is 4.91. The molecule has 2 amide bonds. The summed E-state index contributed by atoms with van der Waals surface area (Å²) in [6, 6.07) is 9.17. The largest absolute Gasteiger partial charge is 0.447 e. The lowest BCUT2D eigenvalue weighted by molar-refractivity contribution is -0.140. The van der Waals surface area contributed by atoms with Crippen LogP contribution in [0.4, 0.5) is 4.79 Å². The second kappa shape index (κ2) is 4.86. The van der Waals surface area contributed by atoms with E-state index in [2.05, 4.69) is 41.4 Å². The van der Waals surface area contributed by atoms with Gasteiger partial charge >= 0.3 is 6.09 Å². The van der Waals surface area contributed by atoms with Gasteiger partial charge in [0.1, 0.15) is 6.61 Å². The molecule has 1 aromatic carbocycles. The predicted octanol–water partition coefficient (Wildman–Crippen LogP) is 2.73. The van der Waals surface area contributed by atoms with Crippen molar-refractivity contribution in [1.82, 2.24) is 10.2 Å². The van der Waals surface area contributed by atoms with Crippen LogP contribution in [-0.4, -0.2) is 42.1 Å². The van der Waals surface area contributed by atoms with Gasteiger partial charge in [0.25, 0.3) is 0 Å². The molecule has 3 aliphatic carbocycles. The molecular formula is C22H26N2O3. The minimum Gasteiger partial charge on any atom is -0.447 e. The molecule has 6 rings (SSSR count). The fourth-order valence-electron chi connectivity index (χ4n) is 5.81. The summed E-state index contributed by atoms with van der Waals surface area (Å²) in [5.41, 5.74) is 3.23. The molecule has 1 aromatic rings. The van der Waals surface area contributed by atoms with Crippen LogP contribution >= 0.6 is 0 Å². The number of likely N-dealkylation sites (tertiary alicyclic amines) is 1. The van der Waals surface area contributed by atoms with E-state index in [1.54, 1.807) is 0 Å². The van der Waals surface area contributed by atoms with E-state index >= 15 is 0 Å². The molecule has 2 unspecified atom stereocenters. The maximum absolute atomic E-state index is 13.0. The normalized spacial score (nSPS) is 40.2. The molecule has 0 aromatic heterocycles. The highest BCUT2D eigenvalue weighted by Crippen LogP contribution is 2.60. The number of nitrogens with one attached hydrogen (secondary N) is 1. The second-order valence-electron chi connectivity index (χ2n) is 10.0. The van der Waals surface area contributed by atoms with Crippen LogP contribution in [0.3, 0.4) is 0 Å². The first-order chi connectivity index (χ1) is 12.9.